The van der Waals surface area contributed by atoms with Gasteiger partial charge in [0, 0.05) is 17.2 Å². The van der Waals surface area contributed by atoms with Crippen molar-refractivity contribution in [3.63, 3.8) is 0 Å². The smallest absolute Gasteiger partial charge is 0.408 e. The minimum Gasteiger partial charge on any atom is -0.445 e. The van der Waals surface area contributed by atoms with E-state index in [0.717, 1.165) is 5.56 Å². The van der Waals surface area contributed by atoms with Crippen LogP contribution in [-0.2, 0) is 11.3 Å². The Hall–Kier alpha value is -3.53. The van der Waals surface area contributed by atoms with Crippen molar-refractivity contribution in [1.29, 1.82) is 0 Å². The lowest BCUT2D eigenvalue weighted by molar-refractivity contribution is -0.385. The van der Waals surface area contributed by atoms with Crippen molar-refractivity contribution in [2.45, 2.75) is 13.5 Å². The lowest BCUT2D eigenvalue weighted by Crippen LogP contribution is -2.24. The van der Waals surface area contributed by atoms with Crippen LogP contribution in [0.4, 0.5) is 16.2 Å². The standard InChI is InChI=1S/C18H17N3O4/c1-13-10-15(16(19)11-17(13)21(23)24)8-5-9-20-18(22)25-12-14-6-3-2-4-7-14/h2-4,6-7,10-11H,9,12,19H2,1H3,(H,20,22). The Morgan fingerprint density at radius 2 is 2.04 bits per heavy atom. The fourth-order valence-corrected chi connectivity index (χ4v) is 2.05. The summed E-state index contributed by atoms with van der Waals surface area (Å²) in [5.41, 5.74) is 7.76. The first-order chi connectivity index (χ1) is 12.0. The molecule has 25 heavy (non-hydrogen) atoms. The summed E-state index contributed by atoms with van der Waals surface area (Å²) in [7, 11) is 0. The van der Waals surface area contributed by atoms with Crippen LogP contribution in [0.5, 0.6) is 0 Å². The molecule has 0 unspecified atom stereocenters. The van der Waals surface area contributed by atoms with E-state index < -0.39 is 11.0 Å². The summed E-state index contributed by atoms with van der Waals surface area (Å²) in [5.74, 6) is 5.52. The Kier molecular flexibility index (Phi) is 5.96. The van der Waals surface area contributed by atoms with Crippen molar-refractivity contribution in [2.75, 3.05) is 12.3 Å². The number of hydrogen-bond donors (Lipinski definition) is 2. The van der Waals surface area contributed by atoms with Gasteiger partial charge >= 0.3 is 6.09 Å². The van der Waals surface area contributed by atoms with Crippen LogP contribution in [0.15, 0.2) is 42.5 Å². The van der Waals surface area contributed by atoms with Crippen LogP contribution in [0.1, 0.15) is 16.7 Å². The molecule has 0 heterocycles. The van der Waals surface area contributed by atoms with Crippen LogP contribution >= 0.6 is 0 Å². The zero-order chi connectivity index (χ0) is 18.2. The Labute approximate surface area is 144 Å². The van der Waals surface area contributed by atoms with E-state index >= 15 is 0 Å². The normalized spacial score (nSPS) is 9.64. The summed E-state index contributed by atoms with van der Waals surface area (Å²) in [4.78, 5) is 21.9. The molecule has 0 atom stereocenters. The average molecular weight is 339 g/mol. The molecule has 0 aromatic heterocycles. The summed E-state index contributed by atoms with van der Waals surface area (Å²) in [6.45, 7) is 1.86. The van der Waals surface area contributed by atoms with Crippen molar-refractivity contribution in [3.05, 3.63) is 69.3 Å². The van der Waals surface area contributed by atoms with Gasteiger partial charge in [0.2, 0.25) is 0 Å². The Bertz CT molecular complexity index is 839. The second-order valence-corrected chi connectivity index (χ2v) is 5.20. The summed E-state index contributed by atoms with van der Waals surface area (Å²) in [5, 5.41) is 13.3. The molecule has 0 aliphatic heterocycles. The van der Waals surface area contributed by atoms with Crippen LogP contribution in [0.3, 0.4) is 0 Å². The molecule has 0 saturated heterocycles. The summed E-state index contributed by atoms with van der Waals surface area (Å²) in [6, 6.07) is 12.1. The van der Waals surface area contributed by atoms with Gasteiger partial charge in [0.1, 0.15) is 6.61 Å². The maximum Gasteiger partial charge on any atom is 0.408 e. The third-order valence-corrected chi connectivity index (χ3v) is 3.32. The first kappa shape index (κ1) is 17.8. The number of nitro benzene ring substituents is 1. The van der Waals surface area contributed by atoms with E-state index in [9.17, 15) is 14.9 Å². The second-order valence-electron chi connectivity index (χ2n) is 5.20. The third-order valence-electron chi connectivity index (χ3n) is 3.32. The molecule has 0 aliphatic carbocycles. The number of ether oxygens (including phenoxy) is 1. The molecule has 7 nitrogen and oxygen atoms in total. The molecule has 2 rings (SSSR count). The van der Waals surface area contributed by atoms with Gasteiger partial charge in [-0.15, -0.1) is 0 Å². The molecule has 0 bridgehead atoms. The number of nitrogen functional groups attached to an aromatic ring is 1. The number of nitro groups is 1. The van der Waals surface area contributed by atoms with Crippen LogP contribution in [0.2, 0.25) is 0 Å². The number of nitrogens with one attached hydrogen (secondary N) is 1. The van der Waals surface area contributed by atoms with E-state index in [4.69, 9.17) is 10.5 Å². The zero-order valence-corrected chi connectivity index (χ0v) is 13.6. The van der Waals surface area contributed by atoms with Gasteiger partial charge in [-0.2, -0.15) is 0 Å². The number of hydrogen-bond acceptors (Lipinski definition) is 5. The lowest BCUT2D eigenvalue weighted by Gasteiger charge is -2.04. The molecule has 0 radical (unpaired) electrons. The van der Waals surface area contributed by atoms with Gasteiger partial charge in [0.15, 0.2) is 0 Å². The molecular weight excluding hydrogens is 322 g/mol. The van der Waals surface area contributed by atoms with E-state index in [1.807, 2.05) is 30.3 Å². The molecule has 0 aliphatic rings. The molecule has 2 aromatic carbocycles. The molecule has 7 heteroatoms. The number of carbonyl (C=O) groups is 1. The van der Waals surface area contributed by atoms with Gasteiger partial charge in [-0.3, -0.25) is 10.1 Å². The van der Waals surface area contributed by atoms with Gasteiger partial charge in [0.05, 0.1) is 17.2 Å². The monoisotopic (exact) mass is 339 g/mol. The predicted octanol–water partition coefficient (Wildman–Crippen LogP) is 2.76. The minimum atomic E-state index is -0.578. The first-order valence-corrected chi connectivity index (χ1v) is 7.45. The number of anilines is 1. The van der Waals surface area contributed by atoms with Crippen LogP contribution in [0, 0.1) is 28.9 Å². The summed E-state index contributed by atoms with van der Waals surface area (Å²) in [6.07, 6.45) is -0.578. The fraction of sp³-hybridized carbons (Fsp3) is 0.167. The van der Waals surface area contributed by atoms with Gasteiger partial charge in [-0.05, 0) is 18.6 Å². The van der Waals surface area contributed by atoms with E-state index in [1.165, 1.54) is 6.07 Å². The number of nitrogens with zero attached hydrogens (tertiary/aromatic N) is 1. The molecule has 1 amide bonds. The minimum absolute atomic E-state index is 0.0503. The molecule has 0 fully saturated rings. The highest BCUT2D eigenvalue weighted by molar-refractivity contribution is 5.68. The van der Waals surface area contributed by atoms with E-state index in [0.29, 0.717) is 11.1 Å². The van der Waals surface area contributed by atoms with Gasteiger partial charge in [-0.25, -0.2) is 4.79 Å². The molecular formula is C18H17N3O4. The Balaban J connectivity index is 1.87. The number of rotatable bonds is 4. The number of benzene rings is 2. The van der Waals surface area contributed by atoms with Crippen molar-refractivity contribution in [2.24, 2.45) is 0 Å². The number of amides is 1. The maximum absolute atomic E-state index is 11.6. The van der Waals surface area contributed by atoms with Crippen molar-refractivity contribution in [1.82, 2.24) is 5.32 Å². The second kappa shape index (κ2) is 8.36. The highest BCUT2D eigenvalue weighted by Crippen LogP contribution is 2.23. The maximum atomic E-state index is 11.6. The quantitative estimate of drug-likeness (QED) is 0.385. The topological polar surface area (TPSA) is 107 Å². The molecule has 128 valence electrons. The molecule has 0 spiro atoms. The van der Waals surface area contributed by atoms with E-state index in [1.54, 1.807) is 13.0 Å². The van der Waals surface area contributed by atoms with Crippen LogP contribution in [-0.4, -0.2) is 17.6 Å². The highest BCUT2D eigenvalue weighted by atomic mass is 16.6. The Morgan fingerprint density at radius 1 is 1.32 bits per heavy atom. The van der Waals surface area contributed by atoms with Crippen LogP contribution < -0.4 is 11.1 Å². The highest BCUT2D eigenvalue weighted by Gasteiger charge is 2.12. The van der Waals surface area contributed by atoms with E-state index in [-0.39, 0.29) is 24.5 Å². The lowest BCUT2D eigenvalue weighted by atomic mass is 10.1. The zero-order valence-electron chi connectivity index (χ0n) is 13.6. The largest absolute Gasteiger partial charge is 0.445 e. The number of carbonyl (C=O) groups excluding carboxylic acids is 1. The van der Waals surface area contributed by atoms with Crippen molar-refractivity contribution in [3.8, 4) is 11.8 Å². The number of nitrogens with two attached hydrogens (primary N) is 1. The van der Waals surface area contributed by atoms with E-state index in [2.05, 4.69) is 17.2 Å². The molecule has 3 N–H and O–H groups in total. The van der Waals surface area contributed by atoms with Gasteiger partial charge in [0.25, 0.3) is 5.69 Å². The third kappa shape index (κ3) is 5.25. The average Bonchev–Trinajstić information content (AvgIpc) is 2.60. The summed E-state index contributed by atoms with van der Waals surface area (Å²) >= 11 is 0. The van der Waals surface area contributed by atoms with Gasteiger partial charge < -0.3 is 15.8 Å². The SMILES string of the molecule is Cc1cc(C#CCNC(=O)OCc2ccccc2)c(N)cc1[N+](=O)[O-]. The molecule has 2 aromatic rings. The first-order valence-electron chi connectivity index (χ1n) is 7.45. The summed E-state index contributed by atoms with van der Waals surface area (Å²) < 4.78 is 5.05. The van der Waals surface area contributed by atoms with Crippen molar-refractivity contribution < 1.29 is 14.5 Å². The number of aryl methyl sites for hydroxylation is 1. The predicted molar refractivity (Wildman–Crippen MR) is 93.8 cm³/mol. The Morgan fingerprint density at radius 3 is 2.72 bits per heavy atom. The van der Waals surface area contributed by atoms with Crippen molar-refractivity contribution >= 4 is 17.5 Å². The molecule has 0 saturated carbocycles. The van der Waals surface area contributed by atoms with Gasteiger partial charge in [-0.1, -0.05) is 42.2 Å². The fourth-order valence-electron chi connectivity index (χ4n) is 2.05. The number of alkyl carbamates (subject to hydrolysis) is 1. The van der Waals surface area contributed by atoms with Crippen LogP contribution in [0.25, 0.3) is 0 Å².